The van der Waals surface area contributed by atoms with Crippen LogP contribution >= 0.6 is 136 Å². The van der Waals surface area contributed by atoms with Gasteiger partial charge >= 0.3 is 0 Å². The molecule has 5 N–H and O–H groups in total. The molecule has 349 valence electrons. The van der Waals surface area contributed by atoms with E-state index in [2.05, 4.69) is 171 Å². The molecule has 0 saturated heterocycles. The van der Waals surface area contributed by atoms with Crippen molar-refractivity contribution in [3.63, 3.8) is 0 Å². The summed E-state index contributed by atoms with van der Waals surface area (Å²) in [7, 11) is 0. The molecule has 0 spiro atoms. The van der Waals surface area contributed by atoms with E-state index >= 15 is 0 Å². The molecule has 4 atom stereocenters. The summed E-state index contributed by atoms with van der Waals surface area (Å²) in [6.45, 7) is 28.3. The number of aliphatic hydroxyl groups is 1. The van der Waals surface area contributed by atoms with Crippen LogP contribution in [0.15, 0.2) is 54.2 Å². The van der Waals surface area contributed by atoms with Gasteiger partial charge in [0.25, 0.3) is 0 Å². The SMILES string of the molecule is C=C(C)C1C=CC(C)(O)CC1.C=C(C)C1CCC(C)=CC1c1c(O)c(C)c(CCCCC)c(C)c1O.CCCCCc1c(C)c(O)cc(O)c1C.IC(I)I.ICI.[CH2-]I.[V]. The van der Waals surface area contributed by atoms with Crippen molar-refractivity contribution < 1.29 is 44.1 Å². The van der Waals surface area contributed by atoms with Crippen molar-refractivity contribution in [2.24, 2.45) is 11.8 Å². The van der Waals surface area contributed by atoms with Gasteiger partial charge in [-0.15, -0.1) is 0 Å². The average molecular weight is 1560 g/mol. The number of phenols is 4. The fourth-order valence-corrected chi connectivity index (χ4v) is 7.46. The van der Waals surface area contributed by atoms with Gasteiger partial charge in [0.2, 0.25) is 0 Å². The molecular weight excluding hydrogens is 1480 g/mol. The first-order chi connectivity index (χ1) is 28.0. The first-order valence-electron chi connectivity index (χ1n) is 20.8. The molecule has 1 radical (unpaired) electrons. The van der Waals surface area contributed by atoms with Crippen LogP contribution in [0.25, 0.3) is 0 Å². The summed E-state index contributed by atoms with van der Waals surface area (Å²) >= 11 is 13.4. The molecule has 0 aliphatic heterocycles. The van der Waals surface area contributed by atoms with Crippen molar-refractivity contribution in [3.05, 3.63) is 98.0 Å². The summed E-state index contributed by atoms with van der Waals surface area (Å²) in [5.74, 6) is 1.71. The normalized spacial score (nSPS) is 18.7. The minimum Gasteiger partial charge on any atom is -0.508 e. The van der Waals surface area contributed by atoms with E-state index in [1.54, 1.807) is 0 Å². The van der Waals surface area contributed by atoms with Crippen molar-refractivity contribution in [2.75, 3.05) is 2.43 Å². The minimum atomic E-state index is -0.577. The standard InChI is InChI=1S/C23H34O2.C13H20O2.C10H16O.CHI3.CH2I2.CH2I.V/c1-7-8-9-10-19-16(5)22(24)21(23(25)17(19)6)20-13-15(4)11-12-18(20)14(2)3;1-4-5-6-7-11-9(2)12(14)8-13(15)10(11)3;1-8(2)9-4-6-10(3,11)7-5-9;2-1(3)4;2-1-3;1-2;/h13,18,20,24-25H,2,7-12H2,1,3-6H3;8,14-15H,4-7H2,1-3H3;4,6,9,11H,1,5,7H2,2-3H3;1H;1H2;1H2;/q;;;;;-1;. The van der Waals surface area contributed by atoms with Crippen molar-refractivity contribution in [3.8, 4) is 23.0 Å². The predicted octanol–water partition coefficient (Wildman–Crippen LogP) is 17.8. The smallest absolute Gasteiger partial charge is 0.126 e. The molecule has 2 aromatic carbocycles. The third-order valence-electron chi connectivity index (χ3n) is 11.1. The number of halogens is 6. The number of hydrogen-bond donors (Lipinski definition) is 5. The minimum absolute atomic E-state index is 0. The third kappa shape index (κ3) is 25.5. The second kappa shape index (κ2) is 36.6. The monoisotopic (exact) mass is 1560 g/mol. The van der Waals surface area contributed by atoms with Crippen LogP contribution in [0.5, 0.6) is 23.0 Å². The van der Waals surface area contributed by atoms with E-state index < -0.39 is 5.60 Å². The maximum absolute atomic E-state index is 11.0. The van der Waals surface area contributed by atoms with Gasteiger partial charge in [0.1, 0.15) is 22.9 Å². The second-order valence-corrected chi connectivity index (χ2v) is 31.3. The molecule has 0 bridgehead atoms. The molecule has 2 aliphatic rings. The molecule has 4 rings (SSSR count). The first kappa shape index (κ1) is 66.8. The summed E-state index contributed by atoms with van der Waals surface area (Å²) in [6.07, 6.45) is 18.9. The molecule has 0 fully saturated rings. The quantitative estimate of drug-likeness (QED) is 0.0507. The molecule has 0 saturated carbocycles. The number of aromatic hydroxyl groups is 4. The predicted molar refractivity (Wildman–Crippen MR) is 314 cm³/mol. The van der Waals surface area contributed by atoms with E-state index in [1.165, 1.54) is 45.3 Å². The summed E-state index contributed by atoms with van der Waals surface area (Å²) in [5.41, 5.74) is 9.62. The Labute approximate surface area is 466 Å². The Hall–Kier alpha value is 1.52. The van der Waals surface area contributed by atoms with Crippen molar-refractivity contribution in [1.29, 1.82) is 0 Å². The van der Waals surface area contributed by atoms with Gasteiger partial charge in [-0.25, -0.2) is 0 Å². The zero-order chi connectivity index (χ0) is 46.9. The number of phenolic OH excluding ortho intramolecular Hbond substituents is 4. The summed E-state index contributed by atoms with van der Waals surface area (Å²) in [5, 5.41) is 50.7. The maximum Gasteiger partial charge on any atom is 0.126 e. The van der Waals surface area contributed by atoms with Crippen molar-refractivity contribution in [1.82, 2.24) is 0 Å². The van der Waals surface area contributed by atoms with E-state index in [0.29, 0.717) is 11.5 Å². The Morgan fingerprint density at radius 2 is 1.18 bits per heavy atom. The van der Waals surface area contributed by atoms with E-state index in [0.717, 1.165) is 90.3 Å². The summed E-state index contributed by atoms with van der Waals surface area (Å²) in [6, 6.07) is 1.42. The van der Waals surface area contributed by atoms with Crippen LogP contribution in [0, 0.1) is 44.5 Å². The molecule has 4 unspecified atom stereocenters. The molecule has 0 aromatic heterocycles. The number of allylic oxidation sites excluding steroid dienone is 5. The molecule has 12 heteroatoms. The van der Waals surface area contributed by atoms with Crippen LogP contribution in [0.4, 0.5) is 0 Å². The van der Waals surface area contributed by atoms with Crippen LogP contribution in [0.1, 0.15) is 151 Å². The van der Waals surface area contributed by atoms with Crippen molar-refractivity contribution >= 4 is 136 Å². The van der Waals surface area contributed by atoms with Gasteiger partial charge in [-0.2, -0.15) is 0 Å². The Bertz CT molecular complexity index is 1600. The average Bonchev–Trinajstić information content (AvgIpc) is 3.17. The Balaban J connectivity index is -0.000000796. The topological polar surface area (TPSA) is 101 Å². The Morgan fingerprint density at radius 1 is 0.770 bits per heavy atom. The van der Waals surface area contributed by atoms with Crippen molar-refractivity contribution in [2.45, 2.75) is 158 Å². The fraction of sp³-hybridized carbons (Fsp3) is 0.571. The van der Waals surface area contributed by atoms with Gasteiger partial charge in [-0.1, -0.05) is 201 Å². The molecule has 0 heterocycles. The third-order valence-corrected chi connectivity index (χ3v) is 11.1. The number of unbranched alkanes of at least 4 members (excludes halogenated alkanes) is 4. The number of benzene rings is 2. The van der Waals surface area contributed by atoms with Crippen LogP contribution in [-0.4, -0.2) is 33.5 Å². The molecule has 2 aromatic rings. The number of alkyl halides is 5. The van der Waals surface area contributed by atoms with E-state index in [-0.39, 0.29) is 53.4 Å². The zero-order valence-corrected chi connectivity index (χ0v) is 52.7. The van der Waals surface area contributed by atoms with Crippen LogP contribution in [-0.2, 0) is 31.4 Å². The van der Waals surface area contributed by atoms with Gasteiger partial charge in [0.15, 0.2) is 0 Å². The number of rotatable bonds is 11. The molecular formula is C49H75I6O5V-. The van der Waals surface area contributed by atoms with Crippen LogP contribution in [0.2, 0.25) is 0 Å². The van der Waals surface area contributed by atoms with Gasteiger partial charge in [0, 0.05) is 36.1 Å². The fourth-order valence-electron chi connectivity index (χ4n) is 7.46. The molecule has 5 nitrogen and oxygen atoms in total. The maximum atomic E-state index is 11.0. The Kier molecular flexibility index (Phi) is 40.0. The van der Waals surface area contributed by atoms with E-state index in [1.807, 2.05) is 70.2 Å². The van der Waals surface area contributed by atoms with Gasteiger partial charge in [-0.3, -0.25) is 4.93 Å². The Morgan fingerprint density at radius 3 is 1.52 bits per heavy atom. The van der Waals surface area contributed by atoms with E-state index in [4.69, 9.17) is 0 Å². The number of hydrogen-bond acceptors (Lipinski definition) is 5. The largest absolute Gasteiger partial charge is 0.508 e. The van der Waals surface area contributed by atoms with Crippen LogP contribution < -0.4 is 0 Å². The zero-order valence-electron chi connectivity index (χ0n) is 38.4. The summed E-state index contributed by atoms with van der Waals surface area (Å²) in [4.78, 5) is 3.22. The van der Waals surface area contributed by atoms with E-state index in [9.17, 15) is 25.5 Å². The first-order valence-corrected chi connectivity index (χ1v) is 29.1. The van der Waals surface area contributed by atoms with Gasteiger partial charge < -0.3 is 48.1 Å². The van der Waals surface area contributed by atoms with Gasteiger partial charge in [0.05, 0.1) is 8.04 Å². The summed E-state index contributed by atoms with van der Waals surface area (Å²) < 4.78 is 1.93. The van der Waals surface area contributed by atoms with Crippen LogP contribution in [0.3, 0.4) is 0 Å². The van der Waals surface area contributed by atoms with Gasteiger partial charge in [-0.05, 0) is 152 Å². The molecule has 61 heavy (non-hydrogen) atoms. The second-order valence-electron chi connectivity index (χ2n) is 16.0. The molecule has 0 amide bonds. The molecule has 2 aliphatic carbocycles.